The van der Waals surface area contributed by atoms with Crippen molar-refractivity contribution in [2.75, 3.05) is 0 Å². The highest BCUT2D eigenvalue weighted by Crippen LogP contribution is 2.61. The lowest BCUT2D eigenvalue weighted by Crippen LogP contribution is -2.49. The van der Waals surface area contributed by atoms with Gasteiger partial charge in [0, 0.05) is 0 Å². The van der Waals surface area contributed by atoms with Crippen molar-refractivity contribution in [3.8, 4) is 0 Å². The van der Waals surface area contributed by atoms with Crippen LogP contribution < -0.4 is 0 Å². The molecular weight excluding hydrogens is 294 g/mol. The van der Waals surface area contributed by atoms with E-state index < -0.39 is 30.1 Å². The second-order valence-electron chi connectivity index (χ2n) is 7.44. The lowest BCUT2D eigenvalue weighted by molar-refractivity contribution is -0.340. The molecule has 0 nitrogen and oxygen atoms in total. The third kappa shape index (κ3) is 2.79. The molecule has 2 bridgehead atoms. The normalized spacial score (nSPS) is 34.0. The van der Waals surface area contributed by atoms with Crippen LogP contribution in [0.25, 0.3) is 0 Å². The van der Waals surface area contributed by atoms with E-state index in [9.17, 15) is 26.3 Å². The third-order valence-corrected chi connectivity index (χ3v) is 5.78. The van der Waals surface area contributed by atoms with Gasteiger partial charge in [-0.2, -0.15) is 26.3 Å². The van der Waals surface area contributed by atoms with Gasteiger partial charge in [0.2, 0.25) is 0 Å². The fraction of sp³-hybridized carbons (Fsp3) is 1.00. The molecule has 0 aromatic heterocycles. The molecule has 0 aliphatic heterocycles. The minimum absolute atomic E-state index is 0.0269. The maximum atomic E-state index is 13.0. The predicted octanol–water partition coefficient (Wildman–Crippen LogP) is 5.83. The molecule has 124 valence electrons. The van der Waals surface area contributed by atoms with Crippen LogP contribution in [0, 0.1) is 35.0 Å². The first-order chi connectivity index (χ1) is 9.37. The highest BCUT2D eigenvalue weighted by atomic mass is 19.4. The van der Waals surface area contributed by atoms with Crippen LogP contribution >= 0.6 is 0 Å². The maximum Gasteiger partial charge on any atom is 0.402 e. The van der Waals surface area contributed by atoms with E-state index in [4.69, 9.17) is 0 Å². The molecule has 4 unspecified atom stereocenters. The van der Waals surface area contributed by atoms with Crippen LogP contribution in [0.3, 0.4) is 0 Å². The molecule has 2 saturated carbocycles. The first-order valence-electron chi connectivity index (χ1n) is 7.50. The Balaban J connectivity index is 2.20. The van der Waals surface area contributed by atoms with Crippen molar-refractivity contribution in [3.63, 3.8) is 0 Å². The topological polar surface area (TPSA) is 0 Å². The molecule has 0 aromatic rings. The van der Waals surface area contributed by atoms with Gasteiger partial charge < -0.3 is 0 Å². The van der Waals surface area contributed by atoms with E-state index in [0.29, 0.717) is 25.2 Å². The predicted molar refractivity (Wildman–Crippen MR) is 67.5 cm³/mol. The lowest BCUT2D eigenvalue weighted by Gasteiger charge is -2.40. The number of rotatable bonds is 3. The number of hydrogen-bond acceptors (Lipinski definition) is 0. The van der Waals surface area contributed by atoms with Crippen molar-refractivity contribution in [2.45, 2.75) is 58.8 Å². The van der Waals surface area contributed by atoms with Crippen LogP contribution in [0.1, 0.15) is 46.5 Å². The van der Waals surface area contributed by atoms with Crippen LogP contribution in [0.4, 0.5) is 26.3 Å². The van der Waals surface area contributed by atoms with Gasteiger partial charge in [0.25, 0.3) is 0 Å². The number of halogens is 6. The zero-order valence-electron chi connectivity index (χ0n) is 12.5. The summed E-state index contributed by atoms with van der Waals surface area (Å²) in [5.41, 5.74) is -3.59. The van der Waals surface area contributed by atoms with Gasteiger partial charge in [-0.25, -0.2) is 0 Å². The largest absolute Gasteiger partial charge is 0.402 e. The number of fused-ring (bicyclic) bond motifs is 2. The Morgan fingerprint density at radius 3 is 1.81 bits per heavy atom. The molecule has 6 heteroatoms. The van der Waals surface area contributed by atoms with Crippen molar-refractivity contribution in [1.29, 1.82) is 0 Å². The van der Waals surface area contributed by atoms with Gasteiger partial charge in [-0.05, 0) is 62.2 Å². The van der Waals surface area contributed by atoms with Crippen molar-refractivity contribution >= 4 is 0 Å². The van der Waals surface area contributed by atoms with Crippen molar-refractivity contribution < 1.29 is 26.3 Å². The van der Waals surface area contributed by atoms with Crippen molar-refractivity contribution in [3.05, 3.63) is 0 Å². The van der Waals surface area contributed by atoms with Gasteiger partial charge in [-0.1, -0.05) is 13.8 Å². The molecule has 0 aromatic carbocycles. The van der Waals surface area contributed by atoms with Crippen LogP contribution in [-0.2, 0) is 0 Å². The summed E-state index contributed by atoms with van der Waals surface area (Å²) in [6.07, 6.45) is -9.02. The Morgan fingerprint density at radius 2 is 1.43 bits per heavy atom. The van der Waals surface area contributed by atoms with E-state index in [0.717, 1.165) is 12.8 Å². The third-order valence-electron chi connectivity index (χ3n) is 5.78. The average molecular weight is 316 g/mol. The average Bonchev–Trinajstić information content (AvgIpc) is 2.84. The van der Waals surface area contributed by atoms with Gasteiger partial charge in [-0.3, -0.25) is 0 Å². The molecule has 21 heavy (non-hydrogen) atoms. The van der Waals surface area contributed by atoms with E-state index >= 15 is 0 Å². The molecule has 0 amide bonds. The summed E-state index contributed by atoms with van der Waals surface area (Å²) in [4.78, 5) is 0. The zero-order valence-corrected chi connectivity index (χ0v) is 12.5. The van der Waals surface area contributed by atoms with Crippen LogP contribution in [0.5, 0.6) is 0 Å². The Labute approximate surface area is 121 Å². The van der Waals surface area contributed by atoms with Crippen molar-refractivity contribution in [2.24, 2.45) is 35.0 Å². The molecule has 2 aliphatic rings. The minimum atomic E-state index is -5.25. The minimum Gasteiger partial charge on any atom is -0.170 e. The van der Waals surface area contributed by atoms with E-state index in [2.05, 4.69) is 0 Å². The highest BCUT2D eigenvalue weighted by Gasteiger charge is 2.68. The second kappa shape index (κ2) is 5.05. The Morgan fingerprint density at radius 1 is 0.905 bits per heavy atom. The number of hydrogen-bond donors (Lipinski definition) is 0. The molecule has 0 spiro atoms. The van der Waals surface area contributed by atoms with Crippen LogP contribution in [-0.4, -0.2) is 12.4 Å². The molecular formula is C15H22F6. The summed E-state index contributed by atoms with van der Waals surface area (Å²) in [5, 5.41) is 0. The van der Waals surface area contributed by atoms with Gasteiger partial charge in [0.15, 0.2) is 5.41 Å². The van der Waals surface area contributed by atoms with Gasteiger partial charge in [0.1, 0.15) is 0 Å². The summed E-state index contributed by atoms with van der Waals surface area (Å²) in [7, 11) is 0. The monoisotopic (exact) mass is 316 g/mol. The Bertz CT molecular complexity index is 367. The molecule has 0 heterocycles. The number of alkyl halides is 6. The smallest absolute Gasteiger partial charge is 0.170 e. The van der Waals surface area contributed by atoms with E-state index in [1.807, 2.05) is 13.8 Å². The molecule has 2 aliphatic carbocycles. The Kier molecular flexibility index (Phi) is 4.08. The van der Waals surface area contributed by atoms with E-state index in [1.54, 1.807) is 0 Å². The molecule has 2 fully saturated rings. The fourth-order valence-corrected chi connectivity index (χ4v) is 4.47. The maximum absolute atomic E-state index is 13.0. The van der Waals surface area contributed by atoms with Gasteiger partial charge >= 0.3 is 12.4 Å². The Hall–Kier alpha value is -0.420. The summed E-state index contributed by atoms with van der Waals surface area (Å²) in [6.45, 7) is 4.34. The molecule has 2 rings (SSSR count). The van der Waals surface area contributed by atoms with Crippen LogP contribution in [0.15, 0.2) is 0 Å². The summed E-state index contributed by atoms with van der Waals surface area (Å²) in [5.74, 6) is 0.492. The first-order valence-corrected chi connectivity index (χ1v) is 7.50. The lowest BCUT2D eigenvalue weighted by atomic mass is 9.69. The summed E-state index contributed by atoms with van der Waals surface area (Å²) < 4.78 is 78.2. The highest BCUT2D eigenvalue weighted by molar-refractivity contribution is 5.00. The van der Waals surface area contributed by atoms with Crippen LogP contribution in [0.2, 0.25) is 0 Å². The second-order valence-corrected chi connectivity index (χ2v) is 7.44. The molecule has 0 saturated heterocycles. The standard InChI is InChI=1S/C15H22F6/c1-8(2)11-5-9-4-10(12(11)6-9)7-13(3,14(16,17)18)15(19,20)21/h8-12H,4-7H2,1-3H3. The van der Waals surface area contributed by atoms with Gasteiger partial charge in [0.05, 0.1) is 0 Å². The molecule has 0 radical (unpaired) electrons. The molecule has 4 atom stereocenters. The summed E-state index contributed by atoms with van der Waals surface area (Å²) >= 11 is 0. The quantitative estimate of drug-likeness (QED) is 0.575. The fourth-order valence-electron chi connectivity index (χ4n) is 4.47. The molecule has 0 N–H and O–H groups in total. The van der Waals surface area contributed by atoms with E-state index in [-0.39, 0.29) is 11.8 Å². The first kappa shape index (κ1) is 16.9. The van der Waals surface area contributed by atoms with Crippen molar-refractivity contribution in [1.82, 2.24) is 0 Å². The zero-order chi connectivity index (χ0) is 16.2. The SMILES string of the molecule is CC(C)C1CC2CC(CC(C)(C(F)(F)F)C(F)(F)F)C1C2. The summed E-state index contributed by atoms with van der Waals surface area (Å²) in [6, 6.07) is 0. The van der Waals surface area contributed by atoms with Gasteiger partial charge in [-0.15, -0.1) is 0 Å². The van der Waals surface area contributed by atoms with E-state index in [1.165, 1.54) is 0 Å².